The lowest BCUT2D eigenvalue weighted by Gasteiger charge is -2.34. The summed E-state index contributed by atoms with van der Waals surface area (Å²) in [6, 6.07) is 18.3. The molecule has 0 amide bonds. The number of aryl methyl sites for hydroxylation is 4. The van der Waals surface area contributed by atoms with Crippen LogP contribution in [0.4, 0.5) is 17.1 Å². The van der Waals surface area contributed by atoms with Crippen molar-refractivity contribution in [3.8, 4) is 5.75 Å². The van der Waals surface area contributed by atoms with Gasteiger partial charge in [-0.05, 0) is 99.6 Å². The monoisotopic (exact) mass is 582 g/mol. The predicted octanol–water partition coefficient (Wildman–Crippen LogP) is 8.73. The Morgan fingerprint density at radius 2 is 1.62 bits per heavy atom. The molecule has 0 fully saturated rings. The maximum Gasteiger partial charge on any atom is 0.291 e. The zero-order chi connectivity index (χ0) is 30.2. The molecule has 0 bridgehead atoms. The Morgan fingerprint density at radius 3 is 2.26 bits per heavy atom. The van der Waals surface area contributed by atoms with Gasteiger partial charge in [0.15, 0.2) is 0 Å². The molecule has 3 aromatic rings. The van der Waals surface area contributed by atoms with Gasteiger partial charge in [0, 0.05) is 41.1 Å². The van der Waals surface area contributed by atoms with E-state index in [4.69, 9.17) is 9.73 Å². The highest BCUT2D eigenvalue weighted by atomic mass is 32.2. The number of hydrogen-bond donors (Lipinski definition) is 2. The second kappa shape index (κ2) is 11.7. The smallest absolute Gasteiger partial charge is 0.291 e. The SMILES string of the molecule is CC1=C(C2CC=CC=C2S(=O)(=O)O)c2ccc(Nc3c(C)cccc3C)cc2OC1C/C(C)=N\c1c(C)cccc1C. The lowest BCUT2D eigenvalue weighted by molar-refractivity contribution is 0.239. The van der Waals surface area contributed by atoms with Gasteiger partial charge in [0.25, 0.3) is 10.1 Å². The molecule has 3 aromatic carbocycles. The van der Waals surface area contributed by atoms with Crippen LogP contribution in [-0.4, -0.2) is 24.8 Å². The van der Waals surface area contributed by atoms with Crippen molar-refractivity contribution in [1.29, 1.82) is 0 Å². The molecule has 2 atom stereocenters. The van der Waals surface area contributed by atoms with E-state index in [0.717, 1.165) is 61.7 Å². The summed E-state index contributed by atoms with van der Waals surface area (Å²) in [4.78, 5) is 4.97. The lowest BCUT2D eigenvalue weighted by atomic mass is 9.80. The number of fused-ring (bicyclic) bond motifs is 1. The average molecular weight is 583 g/mol. The third-order valence-electron chi connectivity index (χ3n) is 8.18. The van der Waals surface area contributed by atoms with E-state index in [1.165, 1.54) is 6.08 Å². The quantitative estimate of drug-likeness (QED) is 0.215. The van der Waals surface area contributed by atoms with Crippen molar-refractivity contribution in [1.82, 2.24) is 0 Å². The molecule has 218 valence electrons. The highest BCUT2D eigenvalue weighted by Gasteiger charge is 2.36. The largest absolute Gasteiger partial charge is 0.485 e. The van der Waals surface area contributed by atoms with E-state index in [-0.39, 0.29) is 11.0 Å². The minimum Gasteiger partial charge on any atom is -0.485 e. The number of nitrogens with zero attached hydrogens (tertiary/aromatic N) is 1. The molecule has 1 heterocycles. The highest BCUT2D eigenvalue weighted by Crippen LogP contribution is 2.47. The third-order valence-corrected chi connectivity index (χ3v) is 9.20. The molecule has 5 rings (SSSR count). The molecular weight excluding hydrogens is 544 g/mol. The molecule has 0 spiro atoms. The molecular formula is C35H38N2O4S. The van der Waals surface area contributed by atoms with Crippen LogP contribution in [-0.2, 0) is 10.1 Å². The van der Waals surface area contributed by atoms with E-state index >= 15 is 0 Å². The number of aliphatic imine (C=N–C) groups is 1. The van der Waals surface area contributed by atoms with E-state index in [0.29, 0.717) is 18.6 Å². The van der Waals surface area contributed by atoms with E-state index in [1.807, 2.05) is 50.3 Å². The number of nitrogens with one attached hydrogen (secondary N) is 1. The Bertz CT molecular complexity index is 1740. The van der Waals surface area contributed by atoms with Gasteiger partial charge >= 0.3 is 0 Å². The maximum absolute atomic E-state index is 12.5. The number of rotatable bonds is 7. The van der Waals surface area contributed by atoms with Crippen molar-refractivity contribution in [3.05, 3.63) is 111 Å². The maximum atomic E-state index is 12.5. The van der Waals surface area contributed by atoms with E-state index in [9.17, 15) is 13.0 Å². The van der Waals surface area contributed by atoms with E-state index < -0.39 is 16.0 Å². The van der Waals surface area contributed by atoms with Crippen LogP contribution < -0.4 is 10.1 Å². The molecule has 42 heavy (non-hydrogen) atoms. The number of allylic oxidation sites excluding steroid dienone is 5. The number of para-hydroxylation sites is 2. The molecule has 2 aliphatic rings. The molecule has 7 heteroatoms. The number of ether oxygens (including phenoxy) is 1. The highest BCUT2D eigenvalue weighted by molar-refractivity contribution is 7.89. The van der Waals surface area contributed by atoms with Crippen LogP contribution in [0, 0.1) is 33.6 Å². The molecule has 1 aliphatic carbocycles. The Balaban J connectivity index is 1.59. The number of benzene rings is 3. The second-order valence-electron chi connectivity index (χ2n) is 11.4. The fourth-order valence-electron chi connectivity index (χ4n) is 5.98. The van der Waals surface area contributed by atoms with E-state index in [1.54, 1.807) is 6.08 Å². The summed E-state index contributed by atoms with van der Waals surface area (Å²) in [6.45, 7) is 12.3. The van der Waals surface area contributed by atoms with Crippen molar-refractivity contribution >= 4 is 38.5 Å². The summed E-state index contributed by atoms with van der Waals surface area (Å²) in [7, 11) is -4.40. The van der Waals surface area contributed by atoms with Crippen molar-refractivity contribution in [2.24, 2.45) is 10.9 Å². The van der Waals surface area contributed by atoms with Crippen LogP contribution in [0.2, 0.25) is 0 Å². The molecule has 2 N–H and O–H groups in total. The van der Waals surface area contributed by atoms with Gasteiger partial charge in [0.05, 0.1) is 10.6 Å². The van der Waals surface area contributed by atoms with Crippen LogP contribution in [0.15, 0.2) is 88.3 Å². The summed E-state index contributed by atoms with van der Waals surface area (Å²) < 4.78 is 41.8. The fourth-order valence-corrected chi connectivity index (χ4v) is 6.81. The number of hydrogen-bond acceptors (Lipinski definition) is 5. The molecule has 0 saturated heterocycles. The molecule has 0 aromatic heterocycles. The number of anilines is 2. The molecule has 2 unspecified atom stereocenters. The molecule has 0 saturated carbocycles. The van der Waals surface area contributed by atoms with Crippen LogP contribution in [0.5, 0.6) is 5.75 Å². The Morgan fingerprint density at radius 1 is 0.976 bits per heavy atom. The first kappa shape index (κ1) is 29.5. The average Bonchev–Trinajstić information content (AvgIpc) is 2.93. The Kier molecular flexibility index (Phi) is 8.26. The first-order valence-electron chi connectivity index (χ1n) is 14.2. The van der Waals surface area contributed by atoms with Gasteiger partial charge in [0.2, 0.25) is 0 Å². The summed E-state index contributed by atoms with van der Waals surface area (Å²) in [5.74, 6) is 0.143. The Labute approximate surface area is 249 Å². The van der Waals surface area contributed by atoms with Gasteiger partial charge in [-0.15, -0.1) is 0 Å². The van der Waals surface area contributed by atoms with Gasteiger partial charge in [-0.1, -0.05) is 48.6 Å². The van der Waals surface area contributed by atoms with Crippen LogP contribution in [0.3, 0.4) is 0 Å². The first-order valence-corrected chi connectivity index (χ1v) is 15.7. The second-order valence-corrected chi connectivity index (χ2v) is 12.8. The van der Waals surface area contributed by atoms with Gasteiger partial charge < -0.3 is 10.1 Å². The lowest BCUT2D eigenvalue weighted by Crippen LogP contribution is -2.29. The molecule has 6 nitrogen and oxygen atoms in total. The van der Waals surface area contributed by atoms with Crippen molar-refractivity contribution in [2.45, 2.75) is 60.5 Å². The normalized spacial score (nSPS) is 18.8. The zero-order valence-corrected chi connectivity index (χ0v) is 25.8. The van der Waals surface area contributed by atoms with E-state index in [2.05, 4.69) is 57.3 Å². The van der Waals surface area contributed by atoms with Gasteiger partial charge in [0.1, 0.15) is 11.9 Å². The Hall–Kier alpha value is -3.94. The van der Waals surface area contributed by atoms with Gasteiger partial charge in [-0.25, -0.2) is 0 Å². The van der Waals surface area contributed by atoms with Crippen molar-refractivity contribution in [3.63, 3.8) is 0 Å². The van der Waals surface area contributed by atoms with Gasteiger partial charge in [-0.3, -0.25) is 9.55 Å². The molecule has 0 radical (unpaired) electrons. The molecule has 1 aliphatic heterocycles. The summed E-state index contributed by atoms with van der Waals surface area (Å²) >= 11 is 0. The summed E-state index contributed by atoms with van der Waals surface area (Å²) in [5.41, 5.74) is 10.9. The topological polar surface area (TPSA) is 88.0 Å². The van der Waals surface area contributed by atoms with Crippen molar-refractivity contribution in [2.75, 3.05) is 5.32 Å². The third kappa shape index (κ3) is 5.98. The standard InChI is InChI=1S/C35H38N2O4S/c1-21-11-9-12-22(2)34(21)36-25(5)19-30-26(6)33(29-15-7-8-16-32(29)42(38,39)40)28-18-17-27(20-31(28)41-30)37-35-23(3)13-10-14-24(35)4/h7-14,16-18,20,29-30,37H,15,19H2,1-6H3,(H,38,39,40)/b36-25-. The van der Waals surface area contributed by atoms with Crippen LogP contribution >= 0.6 is 0 Å². The van der Waals surface area contributed by atoms with Crippen LogP contribution in [0.1, 0.15) is 54.5 Å². The minimum absolute atomic E-state index is 0.00427. The minimum atomic E-state index is -4.40. The predicted molar refractivity (Wildman–Crippen MR) is 173 cm³/mol. The fraction of sp³-hybridized carbons (Fsp3) is 0.286. The summed E-state index contributed by atoms with van der Waals surface area (Å²) in [5, 5.41) is 3.55. The van der Waals surface area contributed by atoms with Gasteiger partial charge in [-0.2, -0.15) is 8.42 Å². The first-order chi connectivity index (χ1) is 19.9. The zero-order valence-electron chi connectivity index (χ0n) is 25.0. The van der Waals surface area contributed by atoms with Crippen molar-refractivity contribution < 1.29 is 17.7 Å². The summed E-state index contributed by atoms with van der Waals surface area (Å²) in [6.07, 6.45) is 5.76. The van der Waals surface area contributed by atoms with Crippen LogP contribution in [0.25, 0.3) is 5.57 Å².